The van der Waals surface area contributed by atoms with Crippen LogP contribution >= 0.6 is 11.6 Å². The minimum atomic E-state index is 0.414. The average Bonchev–Trinajstić information content (AvgIpc) is 2.49. The van der Waals surface area contributed by atoms with Crippen LogP contribution in [0.5, 0.6) is 0 Å². The van der Waals surface area contributed by atoms with E-state index in [4.69, 9.17) is 11.6 Å². The molecule has 0 amide bonds. The lowest BCUT2D eigenvalue weighted by Gasteiger charge is -2.25. The largest absolute Gasteiger partial charge is 0.122 e. The van der Waals surface area contributed by atoms with Crippen LogP contribution in [0, 0.1) is 17.8 Å². The van der Waals surface area contributed by atoms with Crippen molar-refractivity contribution in [3.05, 3.63) is 0 Å². The van der Waals surface area contributed by atoms with Crippen LogP contribution in [-0.4, -0.2) is 5.38 Å². The van der Waals surface area contributed by atoms with Gasteiger partial charge in [-0.25, -0.2) is 0 Å². The van der Waals surface area contributed by atoms with Crippen molar-refractivity contribution < 1.29 is 0 Å². The van der Waals surface area contributed by atoms with E-state index in [2.05, 4.69) is 20.8 Å². The SMILES string of the molecule is CCC1CCCC1C(Cl)C(C)C. The third-order valence-electron chi connectivity index (χ3n) is 3.29. The van der Waals surface area contributed by atoms with Gasteiger partial charge in [-0.05, 0) is 24.2 Å². The zero-order valence-corrected chi connectivity index (χ0v) is 9.27. The fraction of sp³-hybridized carbons (Fsp3) is 1.00. The fourth-order valence-corrected chi connectivity index (χ4v) is 2.82. The van der Waals surface area contributed by atoms with Crippen LogP contribution in [0.15, 0.2) is 0 Å². The molecule has 12 heavy (non-hydrogen) atoms. The van der Waals surface area contributed by atoms with Gasteiger partial charge in [0.1, 0.15) is 0 Å². The summed E-state index contributed by atoms with van der Waals surface area (Å²) in [6.07, 6.45) is 5.50. The molecule has 72 valence electrons. The Morgan fingerprint density at radius 2 is 2.00 bits per heavy atom. The van der Waals surface area contributed by atoms with Crippen LogP contribution in [0.4, 0.5) is 0 Å². The molecular formula is C11H21Cl. The lowest BCUT2D eigenvalue weighted by Crippen LogP contribution is -2.23. The Balaban J connectivity index is 2.49. The predicted octanol–water partition coefficient (Wildman–Crippen LogP) is 4.08. The lowest BCUT2D eigenvalue weighted by atomic mass is 9.86. The van der Waals surface area contributed by atoms with E-state index in [0.29, 0.717) is 11.3 Å². The minimum Gasteiger partial charge on any atom is -0.122 e. The number of hydrogen-bond acceptors (Lipinski definition) is 0. The minimum absolute atomic E-state index is 0.414. The Morgan fingerprint density at radius 1 is 1.33 bits per heavy atom. The van der Waals surface area contributed by atoms with E-state index >= 15 is 0 Å². The van der Waals surface area contributed by atoms with Crippen LogP contribution in [-0.2, 0) is 0 Å². The van der Waals surface area contributed by atoms with Crippen molar-refractivity contribution >= 4 is 11.6 Å². The maximum Gasteiger partial charge on any atom is 0.0389 e. The average molecular weight is 189 g/mol. The molecule has 0 N–H and O–H groups in total. The fourth-order valence-electron chi connectivity index (χ4n) is 2.49. The molecule has 1 heteroatoms. The Hall–Kier alpha value is 0.290. The van der Waals surface area contributed by atoms with Gasteiger partial charge in [-0.3, -0.25) is 0 Å². The van der Waals surface area contributed by atoms with Crippen LogP contribution in [0.25, 0.3) is 0 Å². The number of halogens is 1. The number of alkyl halides is 1. The highest BCUT2D eigenvalue weighted by molar-refractivity contribution is 6.21. The number of rotatable bonds is 3. The van der Waals surface area contributed by atoms with Gasteiger partial charge in [0.05, 0.1) is 0 Å². The quantitative estimate of drug-likeness (QED) is 0.586. The molecule has 0 aliphatic heterocycles. The van der Waals surface area contributed by atoms with Gasteiger partial charge in [0.15, 0.2) is 0 Å². The molecule has 3 unspecified atom stereocenters. The van der Waals surface area contributed by atoms with E-state index in [9.17, 15) is 0 Å². The molecule has 1 rings (SSSR count). The van der Waals surface area contributed by atoms with Crippen molar-refractivity contribution in [2.45, 2.75) is 51.8 Å². The van der Waals surface area contributed by atoms with Crippen molar-refractivity contribution in [2.24, 2.45) is 17.8 Å². The van der Waals surface area contributed by atoms with Crippen molar-refractivity contribution in [1.29, 1.82) is 0 Å². The van der Waals surface area contributed by atoms with Crippen LogP contribution in [0.3, 0.4) is 0 Å². The summed E-state index contributed by atoms with van der Waals surface area (Å²) in [6.45, 7) is 6.78. The molecule has 1 fully saturated rings. The summed E-state index contributed by atoms with van der Waals surface area (Å²) < 4.78 is 0. The van der Waals surface area contributed by atoms with Gasteiger partial charge in [-0.2, -0.15) is 0 Å². The van der Waals surface area contributed by atoms with E-state index in [1.807, 2.05) is 0 Å². The maximum atomic E-state index is 6.40. The zero-order valence-electron chi connectivity index (χ0n) is 8.52. The predicted molar refractivity (Wildman–Crippen MR) is 55.6 cm³/mol. The monoisotopic (exact) mass is 188 g/mol. The molecule has 0 aromatic heterocycles. The van der Waals surface area contributed by atoms with Crippen molar-refractivity contribution in [2.75, 3.05) is 0 Å². The molecule has 1 aliphatic carbocycles. The van der Waals surface area contributed by atoms with E-state index in [1.54, 1.807) is 0 Å². The molecule has 1 aliphatic rings. The highest BCUT2D eigenvalue weighted by atomic mass is 35.5. The van der Waals surface area contributed by atoms with Gasteiger partial charge in [0.2, 0.25) is 0 Å². The second-order valence-corrected chi connectivity index (χ2v) is 4.96. The normalized spacial score (nSPS) is 32.8. The lowest BCUT2D eigenvalue weighted by molar-refractivity contribution is 0.323. The summed E-state index contributed by atoms with van der Waals surface area (Å²) >= 11 is 6.40. The second kappa shape index (κ2) is 4.50. The van der Waals surface area contributed by atoms with E-state index in [0.717, 1.165) is 11.8 Å². The highest BCUT2D eigenvalue weighted by Gasteiger charge is 2.32. The standard InChI is InChI=1S/C11H21Cl/c1-4-9-6-5-7-10(9)11(12)8(2)3/h8-11H,4-7H2,1-3H3. The highest BCUT2D eigenvalue weighted by Crippen LogP contribution is 2.40. The van der Waals surface area contributed by atoms with Gasteiger partial charge in [0, 0.05) is 5.38 Å². The van der Waals surface area contributed by atoms with Gasteiger partial charge in [-0.15, -0.1) is 11.6 Å². The van der Waals surface area contributed by atoms with Crippen LogP contribution in [0.2, 0.25) is 0 Å². The van der Waals surface area contributed by atoms with Crippen molar-refractivity contribution in [3.63, 3.8) is 0 Å². The Bertz CT molecular complexity index is 131. The topological polar surface area (TPSA) is 0 Å². The Kier molecular flexibility index (Phi) is 3.89. The molecule has 0 radical (unpaired) electrons. The molecule has 1 saturated carbocycles. The third kappa shape index (κ3) is 2.16. The molecule has 0 saturated heterocycles. The molecule has 0 bridgehead atoms. The van der Waals surface area contributed by atoms with Crippen LogP contribution in [0.1, 0.15) is 46.5 Å². The number of hydrogen-bond donors (Lipinski definition) is 0. The molecule has 0 spiro atoms. The summed E-state index contributed by atoms with van der Waals surface area (Å²) in [5.41, 5.74) is 0. The van der Waals surface area contributed by atoms with Gasteiger partial charge >= 0.3 is 0 Å². The van der Waals surface area contributed by atoms with Gasteiger partial charge < -0.3 is 0 Å². The summed E-state index contributed by atoms with van der Waals surface area (Å²) in [5.74, 6) is 2.36. The molecule has 0 aromatic carbocycles. The molecule has 3 atom stereocenters. The molecule has 0 aromatic rings. The third-order valence-corrected chi connectivity index (χ3v) is 4.12. The van der Waals surface area contributed by atoms with Gasteiger partial charge in [-0.1, -0.05) is 40.0 Å². The van der Waals surface area contributed by atoms with E-state index < -0.39 is 0 Å². The zero-order chi connectivity index (χ0) is 9.14. The smallest absolute Gasteiger partial charge is 0.0389 e. The second-order valence-electron chi connectivity index (χ2n) is 4.45. The van der Waals surface area contributed by atoms with Crippen LogP contribution < -0.4 is 0 Å². The van der Waals surface area contributed by atoms with Gasteiger partial charge in [0.25, 0.3) is 0 Å². The first-order chi connectivity index (χ1) is 5.66. The summed E-state index contributed by atoms with van der Waals surface area (Å²) in [6, 6.07) is 0. The van der Waals surface area contributed by atoms with E-state index in [1.165, 1.54) is 25.7 Å². The van der Waals surface area contributed by atoms with E-state index in [-0.39, 0.29) is 0 Å². The first kappa shape index (κ1) is 10.4. The van der Waals surface area contributed by atoms with Crippen molar-refractivity contribution in [1.82, 2.24) is 0 Å². The first-order valence-corrected chi connectivity index (χ1v) is 5.74. The molecule has 0 heterocycles. The van der Waals surface area contributed by atoms with Crippen molar-refractivity contribution in [3.8, 4) is 0 Å². The summed E-state index contributed by atoms with van der Waals surface area (Å²) in [7, 11) is 0. The Labute approximate surface area is 81.7 Å². The molecular weight excluding hydrogens is 168 g/mol. The summed E-state index contributed by atoms with van der Waals surface area (Å²) in [4.78, 5) is 0. The maximum absolute atomic E-state index is 6.40. The first-order valence-electron chi connectivity index (χ1n) is 5.30. The Morgan fingerprint density at radius 3 is 2.50 bits per heavy atom. The molecule has 0 nitrogen and oxygen atoms in total. The summed E-state index contributed by atoms with van der Waals surface area (Å²) in [5, 5.41) is 0.414.